The summed E-state index contributed by atoms with van der Waals surface area (Å²) < 4.78 is 11.6. The van der Waals surface area contributed by atoms with E-state index in [1.807, 2.05) is 39.0 Å². The van der Waals surface area contributed by atoms with E-state index in [2.05, 4.69) is 0 Å². The van der Waals surface area contributed by atoms with E-state index in [0.717, 1.165) is 17.5 Å². The summed E-state index contributed by atoms with van der Waals surface area (Å²) in [5.41, 5.74) is 2.69. The SMILES string of the molecule is CCCOc1ccc(/C(O)=C2/C(=O)C(=O)N(c3ccccc3C)C2c2ccc(C)o2)cc1C. The number of nitrogens with zero attached hydrogens (tertiary/aromatic N) is 1. The highest BCUT2D eigenvalue weighted by Crippen LogP contribution is 2.43. The number of ketones is 1. The third kappa shape index (κ3) is 4.04. The zero-order valence-corrected chi connectivity index (χ0v) is 19.2. The average Bonchev–Trinajstić information content (AvgIpc) is 3.34. The Morgan fingerprint density at radius 1 is 1.03 bits per heavy atom. The molecular weight excluding hydrogens is 418 g/mol. The van der Waals surface area contributed by atoms with Crippen molar-refractivity contribution in [2.24, 2.45) is 0 Å². The summed E-state index contributed by atoms with van der Waals surface area (Å²) in [6.45, 7) is 8.16. The number of aliphatic hydroxyl groups is 1. The molecule has 1 aliphatic rings. The van der Waals surface area contributed by atoms with Gasteiger partial charge in [0.25, 0.3) is 11.7 Å². The lowest BCUT2D eigenvalue weighted by atomic mass is 9.98. The minimum Gasteiger partial charge on any atom is -0.507 e. The number of Topliss-reactive ketones (excluding diaryl/α,β-unsaturated/α-hetero) is 1. The monoisotopic (exact) mass is 445 g/mol. The average molecular weight is 446 g/mol. The van der Waals surface area contributed by atoms with Gasteiger partial charge in [0.15, 0.2) is 0 Å². The fraction of sp³-hybridized carbons (Fsp3) is 0.259. The maximum absolute atomic E-state index is 13.2. The Kier molecular flexibility index (Phi) is 6.09. The van der Waals surface area contributed by atoms with Crippen molar-refractivity contribution in [2.75, 3.05) is 11.5 Å². The van der Waals surface area contributed by atoms with Crippen molar-refractivity contribution in [3.05, 3.63) is 88.4 Å². The number of carbonyl (C=O) groups is 2. The van der Waals surface area contributed by atoms with Gasteiger partial charge in [0.1, 0.15) is 29.1 Å². The summed E-state index contributed by atoms with van der Waals surface area (Å²) >= 11 is 0. The predicted molar refractivity (Wildman–Crippen MR) is 126 cm³/mol. The van der Waals surface area contributed by atoms with Gasteiger partial charge in [0.2, 0.25) is 0 Å². The first-order valence-electron chi connectivity index (χ1n) is 11.0. The van der Waals surface area contributed by atoms with Crippen molar-refractivity contribution in [1.82, 2.24) is 0 Å². The molecule has 6 nitrogen and oxygen atoms in total. The zero-order valence-electron chi connectivity index (χ0n) is 19.2. The molecule has 0 spiro atoms. The van der Waals surface area contributed by atoms with Gasteiger partial charge < -0.3 is 14.3 Å². The Balaban J connectivity index is 1.88. The number of benzene rings is 2. The van der Waals surface area contributed by atoms with Crippen molar-refractivity contribution < 1.29 is 23.8 Å². The molecule has 1 fully saturated rings. The Labute approximate surface area is 193 Å². The molecule has 2 heterocycles. The molecule has 0 radical (unpaired) electrons. The Hall–Kier alpha value is -3.80. The number of ether oxygens (including phenoxy) is 1. The van der Waals surface area contributed by atoms with Crippen LogP contribution in [0.15, 0.2) is 64.6 Å². The van der Waals surface area contributed by atoms with Gasteiger partial charge in [0.05, 0.1) is 12.2 Å². The summed E-state index contributed by atoms with van der Waals surface area (Å²) in [4.78, 5) is 27.8. The van der Waals surface area contributed by atoms with Gasteiger partial charge in [-0.2, -0.15) is 0 Å². The Morgan fingerprint density at radius 2 is 1.79 bits per heavy atom. The van der Waals surface area contributed by atoms with Crippen LogP contribution in [0.3, 0.4) is 0 Å². The number of anilines is 1. The number of carbonyl (C=O) groups excluding carboxylic acids is 2. The van der Waals surface area contributed by atoms with Gasteiger partial charge in [-0.25, -0.2) is 0 Å². The highest BCUT2D eigenvalue weighted by molar-refractivity contribution is 6.51. The summed E-state index contributed by atoms with van der Waals surface area (Å²) in [5.74, 6) is 0.0775. The van der Waals surface area contributed by atoms with Crippen molar-refractivity contribution in [3.63, 3.8) is 0 Å². The van der Waals surface area contributed by atoms with E-state index in [0.29, 0.717) is 35.1 Å². The number of rotatable bonds is 6. The fourth-order valence-corrected chi connectivity index (χ4v) is 4.11. The number of aryl methyl sites for hydroxylation is 3. The Bertz CT molecular complexity index is 1250. The first-order chi connectivity index (χ1) is 15.8. The molecular formula is C27H27NO5. The molecule has 0 saturated carbocycles. The molecule has 2 aromatic carbocycles. The van der Waals surface area contributed by atoms with Crippen molar-refractivity contribution in [1.29, 1.82) is 0 Å². The zero-order chi connectivity index (χ0) is 23.7. The summed E-state index contributed by atoms with van der Waals surface area (Å²) in [6.07, 6.45) is 0.881. The van der Waals surface area contributed by atoms with Crippen LogP contribution in [0.1, 0.15) is 47.6 Å². The van der Waals surface area contributed by atoms with Crippen LogP contribution in [-0.2, 0) is 9.59 Å². The highest BCUT2D eigenvalue weighted by atomic mass is 16.5. The van der Waals surface area contributed by atoms with E-state index in [1.165, 1.54) is 4.90 Å². The van der Waals surface area contributed by atoms with Crippen LogP contribution in [0.5, 0.6) is 5.75 Å². The van der Waals surface area contributed by atoms with Gasteiger partial charge >= 0.3 is 0 Å². The van der Waals surface area contributed by atoms with E-state index in [9.17, 15) is 14.7 Å². The number of aliphatic hydroxyl groups excluding tert-OH is 1. The molecule has 33 heavy (non-hydrogen) atoms. The smallest absolute Gasteiger partial charge is 0.300 e. The first-order valence-corrected chi connectivity index (χ1v) is 11.0. The molecule has 3 aromatic rings. The minimum atomic E-state index is -0.879. The number of hydrogen-bond acceptors (Lipinski definition) is 5. The topological polar surface area (TPSA) is 80.0 Å². The summed E-state index contributed by atoms with van der Waals surface area (Å²) in [7, 11) is 0. The summed E-state index contributed by atoms with van der Waals surface area (Å²) in [6, 6.07) is 15.2. The van der Waals surface area contributed by atoms with Crippen molar-refractivity contribution >= 4 is 23.1 Å². The maximum Gasteiger partial charge on any atom is 0.300 e. The second-order valence-electron chi connectivity index (χ2n) is 8.23. The van der Waals surface area contributed by atoms with E-state index >= 15 is 0 Å². The maximum atomic E-state index is 13.2. The molecule has 0 bridgehead atoms. The molecule has 1 aliphatic heterocycles. The minimum absolute atomic E-state index is 0.000713. The predicted octanol–water partition coefficient (Wildman–Crippen LogP) is 5.62. The molecule has 1 aromatic heterocycles. The van der Waals surface area contributed by atoms with Crippen LogP contribution in [0.2, 0.25) is 0 Å². The van der Waals surface area contributed by atoms with E-state index < -0.39 is 17.7 Å². The summed E-state index contributed by atoms with van der Waals surface area (Å²) in [5, 5.41) is 11.3. The third-order valence-corrected chi connectivity index (χ3v) is 5.76. The normalized spacial score (nSPS) is 17.6. The molecule has 1 amide bonds. The standard InChI is InChI=1S/C27H27NO5/c1-5-14-32-21-13-11-19(15-17(21)3)25(29)23-24(22-12-10-18(4)33-22)28(27(31)26(23)30)20-9-7-6-8-16(20)2/h6-13,15,24,29H,5,14H2,1-4H3/b25-23-. The van der Waals surface area contributed by atoms with Crippen LogP contribution in [-0.4, -0.2) is 23.4 Å². The first kappa shape index (κ1) is 22.4. The molecule has 1 unspecified atom stereocenters. The van der Waals surface area contributed by atoms with Crippen molar-refractivity contribution in [2.45, 2.75) is 40.2 Å². The van der Waals surface area contributed by atoms with Crippen LogP contribution < -0.4 is 9.64 Å². The van der Waals surface area contributed by atoms with Gasteiger partial charge in [-0.15, -0.1) is 0 Å². The van der Waals surface area contributed by atoms with Crippen LogP contribution in [0, 0.1) is 20.8 Å². The molecule has 170 valence electrons. The lowest BCUT2D eigenvalue weighted by Gasteiger charge is -2.25. The van der Waals surface area contributed by atoms with Crippen molar-refractivity contribution in [3.8, 4) is 5.75 Å². The van der Waals surface area contributed by atoms with Crippen LogP contribution in [0.4, 0.5) is 5.69 Å². The number of furan rings is 1. The lowest BCUT2D eigenvalue weighted by Crippen LogP contribution is -2.29. The van der Waals surface area contributed by atoms with Gasteiger partial charge in [0, 0.05) is 11.3 Å². The van der Waals surface area contributed by atoms with Crippen LogP contribution >= 0.6 is 0 Å². The quantitative estimate of drug-likeness (QED) is 0.303. The largest absolute Gasteiger partial charge is 0.507 e. The van der Waals surface area contributed by atoms with E-state index in [-0.39, 0.29) is 11.3 Å². The number of para-hydroxylation sites is 1. The second-order valence-corrected chi connectivity index (χ2v) is 8.23. The van der Waals surface area contributed by atoms with Gasteiger partial charge in [-0.3, -0.25) is 14.5 Å². The number of hydrogen-bond donors (Lipinski definition) is 1. The van der Waals surface area contributed by atoms with Gasteiger partial charge in [-0.1, -0.05) is 25.1 Å². The molecule has 6 heteroatoms. The van der Waals surface area contributed by atoms with Crippen LogP contribution in [0.25, 0.3) is 5.76 Å². The number of amides is 1. The molecule has 4 rings (SSSR count). The lowest BCUT2D eigenvalue weighted by molar-refractivity contribution is -0.132. The molecule has 1 atom stereocenters. The third-order valence-electron chi connectivity index (χ3n) is 5.76. The highest BCUT2D eigenvalue weighted by Gasteiger charge is 2.48. The van der Waals surface area contributed by atoms with Gasteiger partial charge in [-0.05, 0) is 74.7 Å². The second kappa shape index (κ2) is 8.98. The molecule has 1 saturated heterocycles. The van der Waals surface area contributed by atoms with E-state index in [1.54, 1.807) is 43.3 Å². The van der Waals surface area contributed by atoms with E-state index in [4.69, 9.17) is 9.15 Å². The Morgan fingerprint density at radius 3 is 2.42 bits per heavy atom. The molecule has 1 N–H and O–H groups in total. The molecule has 0 aliphatic carbocycles. The fourth-order valence-electron chi connectivity index (χ4n) is 4.11.